The zero-order valence-electron chi connectivity index (χ0n) is 14.1. The molecule has 0 saturated carbocycles. The number of amides is 2. The molecule has 2 amide bonds. The maximum Gasteiger partial charge on any atom is 0.414 e. The van der Waals surface area contributed by atoms with E-state index in [4.69, 9.17) is 4.74 Å². The van der Waals surface area contributed by atoms with E-state index in [0.29, 0.717) is 13.1 Å². The van der Waals surface area contributed by atoms with Crippen LogP contribution in [0.3, 0.4) is 0 Å². The van der Waals surface area contributed by atoms with Gasteiger partial charge in [0.2, 0.25) is 5.91 Å². The van der Waals surface area contributed by atoms with Crippen LogP contribution in [0.2, 0.25) is 0 Å². The second-order valence-electron chi connectivity index (χ2n) is 5.94. The number of hydrogen-bond donors (Lipinski definition) is 2. The number of nitrogens with zero attached hydrogens (tertiary/aromatic N) is 1. The fourth-order valence-electron chi connectivity index (χ4n) is 2.66. The Bertz CT molecular complexity index is 731. The quantitative estimate of drug-likeness (QED) is 0.849. The molecule has 1 fully saturated rings. The fraction of sp³-hybridized carbons (Fsp3) is 0.263. The standard InChI is InChI=1S/C19H21N3O3/c1-14(23)20-12-18-13-22(19(24)25-18)17-9-7-16(8-10-17)21-11-15-5-3-2-4-6-15/h2-10,18,21H,11-13H2,1H3,(H,20,23). The highest BCUT2D eigenvalue weighted by Crippen LogP contribution is 2.23. The Morgan fingerprint density at radius 3 is 2.56 bits per heavy atom. The maximum absolute atomic E-state index is 12.0. The molecule has 1 atom stereocenters. The number of cyclic esters (lactones) is 1. The van der Waals surface area contributed by atoms with Gasteiger partial charge in [0.1, 0.15) is 6.10 Å². The summed E-state index contributed by atoms with van der Waals surface area (Å²) in [7, 11) is 0. The van der Waals surface area contributed by atoms with Gasteiger partial charge in [-0.25, -0.2) is 4.79 Å². The van der Waals surface area contributed by atoms with Crippen molar-refractivity contribution in [2.45, 2.75) is 19.6 Å². The molecule has 0 bridgehead atoms. The van der Waals surface area contributed by atoms with Gasteiger partial charge in [-0.15, -0.1) is 0 Å². The molecular weight excluding hydrogens is 318 g/mol. The van der Waals surface area contributed by atoms with Gasteiger partial charge < -0.3 is 15.4 Å². The number of nitrogens with one attached hydrogen (secondary N) is 2. The van der Waals surface area contributed by atoms with Crippen molar-refractivity contribution in [3.63, 3.8) is 0 Å². The maximum atomic E-state index is 12.0. The van der Waals surface area contributed by atoms with Gasteiger partial charge in [-0.1, -0.05) is 30.3 Å². The summed E-state index contributed by atoms with van der Waals surface area (Å²) in [6.45, 7) is 2.94. The highest BCUT2D eigenvalue weighted by molar-refractivity contribution is 5.90. The number of benzene rings is 2. The highest BCUT2D eigenvalue weighted by atomic mass is 16.6. The normalized spacial score (nSPS) is 16.4. The summed E-state index contributed by atoms with van der Waals surface area (Å²) in [5.74, 6) is -0.136. The average Bonchev–Trinajstić information content (AvgIpc) is 3.00. The fourth-order valence-corrected chi connectivity index (χ4v) is 2.66. The molecule has 6 heteroatoms. The molecule has 1 aliphatic rings. The minimum absolute atomic E-state index is 0.136. The van der Waals surface area contributed by atoms with E-state index in [2.05, 4.69) is 22.8 Å². The van der Waals surface area contributed by atoms with Gasteiger partial charge in [0, 0.05) is 24.8 Å². The van der Waals surface area contributed by atoms with Crippen LogP contribution < -0.4 is 15.5 Å². The van der Waals surface area contributed by atoms with Gasteiger partial charge in [0.25, 0.3) is 0 Å². The smallest absolute Gasteiger partial charge is 0.414 e. The van der Waals surface area contributed by atoms with Crippen LogP contribution in [0, 0.1) is 0 Å². The number of rotatable bonds is 6. The molecule has 3 rings (SSSR count). The monoisotopic (exact) mass is 339 g/mol. The van der Waals surface area contributed by atoms with Crippen molar-refractivity contribution in [1.29, 1.82) is 0 Å². The van der Waals surface area contributed by atoms with E-state index in [1.54, 1.807) is 4.90 Å². The first-order valence-corrected chi connectivity index (χ1v) is 8.22. The predicted molar refractivity (Wildman–Crippen MR) is 96.5 cm³/mol. The lowest BCUT2D eigenvalue weighted by Gasteiger charge is -2.14. The van der Waals surface area contributed by atoms with Crippen molar-refractivity contribution in [2.24, 2.45) is 0 Å². The molecule has 0 radical (unpaired) electrons. The van der Waals surface area contributed by atoms with E-state index >= 15 is 0 Å². The number of anilines is 2. The summed E-state index contributed by atoms with van der Waals surface area (Å²) in [4.78, 5) is 24.5. The van der Waals surface area contributed by atoms with Crippen LogP contribution in [0.4, 0.5) is 16.2 Å². The molecule has 0 spiro atoms. The van der Waals surface area contributed by atoms with E-state index in [9.17, 15) is 9.59 Å². The zero-order valence-corrected chi connectivity index (χ0v) is 14.1. The van der Waals surface area contributed by atoms with Crippen molar-refractivity contribution >= 4 is 23.4 Å². The van der Waals surface area contributed by atoms with Crippen molar-refractivity contribution in [2.75, 3.05) is 23.3 Å². The van der Waals surface area contributed by atoms with Crippen LogP contribution in [0.15, 0.2) is 54.6 Å². The Morgan fingerprint density at radius 2 is 1.88 bits per heavy atom. The first kappa shape index (κ1) is 16.8. The number of carbonyl (C=O) groups excluding carboxylic acids is 2. The molecule has 0 aromatic heterocycles. The third-order valence-corrected chi connectivity index (χ3v) is 3.97. The summed E-state index contributed by atoms with van der Waals surface area (Å²) < 4.78 is 5.27. The minimum Gasteiger partial charge on any atom is -0.442 e. The van der Waals surface area contributed by atoms with Crippen molar-refractivity contribution in [3.8, 4) is 0 Å². The van der Waals surface area contributed by atoms with Crippen molar-refractivity contribution in [1.82, 2.24) is 5.32 Å². The minimum atomic E-state index is -0.389. The van der Waals surface area contributed by atoms with Gasteiger partial charge in [-0.2, -0.15) is 0 Å². The van der Waals surface area contributed by atoms with E-state index in [0.717, 1.165) is 17.9 Å². The second-order valence-corrected chi connectivity index (χ2v) is 5.94. The molecule has 1 unspecified atom stereocenters. The average molecular weight is 339 g/mol. The SMILES string of the molecule is CC(=O)NCC1CN(c2ccc(NCc3ccccc3)cc2)C(=O)O1. The lowest BCUT2D eigenvalue weighted by Crippen LogP contribution is -2.33. The molecule has 2 aromatic carbocycles. The first-order valence-electron chi connectivity index (χ1n) is 8.22. The first-order chi connectivity index (χ1) is 12.1. The highest BCUT2D eigenvalue weighted by Gasteiger charge is 2.32. The van der Waals surface area contributed by atoms with Gasteiger partial charge in [0.05, 0.1) is 13.1 Å². The second kappa shape index (κ2) is 7.70. The topological polar surface area (TPSA) is 70.7 Å². The lowest BCUT2D eigenvalue weighted by atomic mass is 10.2. The summed E-state index contributed by atoms with van der Waals surface area (Å²) >= 11 is 0. The Labute approximate surface area is 146 Å². The molecule has 2 N–H and O–H groups in total. The summed E-state index contributed by atoms with van der Waals surface area (Å²) in [5, 5.41) is 6.02. The number of ether oxygens (including phenoxy) is 1. The molecule has 1 heterocycles. The number of hydrogen-bond acceptors (Lipinski definition) is 4. The molecule has 130 valence electrons. The Balaban J connectivity index is 1.56. The lowest BCUT2D eigenvalue weighted by molar-refractivity contribution is -0.119. The third-order valence-electron chi connectivity index (χ3n) is 3.97. The van der Waals surface area contributed by atoms with Crippen LogP contribution in [0.5, 0.6) is 0 Å². The molecule has 0 aliphatic carbocycles. The molecule has 1 saturated heterocycles. The molecule has 2 aromatic rings. The Kier molecular flexibility index (Phi) is 5.18. The molecule has 1 aliphatic heterocycles. The van der Waals surface area contributed by atoms with Crippen molar-refractivity contribution in [3.05, 3.63) is 60.2 Å². The van der Waals surface area contributed by atoms with Crippen LogP contribution in [0.1, 0.15) is 12.5 Å². The van der Waals surface area contributed by atoms with Crippen LogP contribution in [-0.4, -0.2) is 31.2 Å². The third kappa shape index (κ3) is 4.50. The molecule has 25 heavy (non-hydrogen) atoms. The van der Waals surface area contributed by atoms with Gasteiger partial charge in [0.15, 0.2) is 0 Å². The molecule has 6 nitrogen and oxygen atoms in total. The van der Waals surface area contributed by atoms with E-state index in [1.165, 1.54) is 12.5 Å². The van der Waals surface area contributed by atoms with E-state index in [1.807, 2.05) is 42.5 Å². The van der Waals surface area contributed by atoms with Gasteiger partial charge >= 0.3 is 6.09 Å². The zero-order chi connectivity index (χ0) is 17.6. The van der Waals surface area contributed by atoms with E-state index in [-0.39, 0.29) is 18.1 Å². The number of carbonyl (C=O) groups is 2. The van der Waals surface area contributed by atoms with Crippen LogP contribution in [-0.2, 0) is 16.1 Å². The van der Waals surface area contributed by atoms with Crippen molar-refractivity contribution < 1.29 is 14.3 Å². The van der Waals surface area contributed by atoms with Gasteiger partial charge in [-0.05, 0) is 29.8 Å². The Morgan fingerprint density at radius 1 is 1.16 bits per heavy atom. The van der Waals surface area contributed by atoms with Crippen LogP contribution >= 0.6 is 0 Å². The van der Waals surface area contributed by atoms with Gasteiger partial charge in [-0.3, -0.25) is 9.69 Å². The summed E-state index contributed by atoms with van der Waals surface area (Å²) in [6, 6.07) is 17.8. The molecular formula is C19H21N3O3. The summed E-state index contributed by atoms with van der Waals surface area (Å²) in [5.41, 5.74) is 2.96. The largest absolute Gasteiger partial charge is 0.442 e. The summed E-state index contributed by atoms with van der Waals surface area (Å²) in [6.07, 6.45) is -0.715. The van der Waals surface area contributed by atoms with Crippen LogP contribution in [0.25, 0.3) is 0 Å². The van der Waals surface area contributed by atoms with E-state index < -0.39 is 0 Å². The predicted octanol–water partition coefficient (Wildman–Crippen LogP) is 2.76. The Hall–Kier alpha value is -3.02.